The van der Waals surface area contributed by atoms with E-state index in [2.05, 4.69) is 75.8 Å². The normalized spacial score (nSPS) is 11.1. The maximum Gasteiger partial charge on any atom is 0.212 e. The van der Waals surface area contributed by atoms with E-state index in [9.17, 15) is 0 Å². The van der Waals surface area contributed by atoms with E-state index in [0.29, 0.717) is 5.92 Å². The van der Waals surface area contributed by atoms with Gasteiger partial charge in [-0.3, -0.25) is 0 Å². The lowest BCUT2D eigenvalue weighted by molar-refractivity contribution is -0.660. The predicted octanol–water partition coefficient (Wildman–Crippen LogP) is 4.17. The van der Waals surface area contributed by atoms with Crippen LogP contribution in [0.15, 0.2) is 36.5 Å². The van der Waals surface area contributed by atoms with E-state index in [4.69, 9.17) is 0 Å². The van der Waals surface area contributed by atoms with Crippen molar-refractivity contribution in [3.63, 3.8) is 0 Å². The molecule has 0 atom stereocenters. The number of aromatic nitrogens is 1. The highest BCUT2D eigenvalue weighted by Gasteiger charge is 2.17. The molecule has 2 rings (SSSR count). The number of aryl methyl sites for hydroxylation is 3. The molecule has 0 saturated carbocycles. The highest BCUT2D eigenvalue weighted by atomic mass is 14.9. The zero-order valence-corrected chi connectivity index (χ0v) is 12.7. The van der Waals surface area contributed by atoms with Crippen molar-refractivity contribution in [2.24, 2.45) is 7.05 Å². The van der Waals surface area contributed by atoms with Crippen molar-refractivity contribution in [1.82, 2.24) is 0 Å². The summed E-state index contributed by atoms with van der Waals surface area (Å²) in [4.78, 5) is 0. The molecule has 0 aliphatic rings. The highest BCUT2D eigenvalue weighted by Crippen LogP contribution is 2.26. The topological polar surface area (TPSA) is 3.88 Å². The third kappa shape index (κ3) is 2.70. The Labute approximate surface area is 116 Å². The summed E-state index contributed by atoms with van der Waals surface area (Å²) >= 11 is 0. The van der Waals surface area contributed by atoms with Gasteiger partial charge in [-0.05, 0) is 36.5 Å². The van der Waals surface area contributed by atoms with E-state index in [-0.39, 0.29) is 0 Å². The summed E-state index contributed by atoms with van der Waals surface area (Å²) in [5, 5.41) is 0. The first-order chi connectivity index (χ1) is 9.04. The molecule has 0 saturated heterocycles. The molecule has 1 aromatic heterocycles. The number of rotatable bonds is 3. The van der Waals surface area contributed by atoms with E-state index in [1.807, 2.05) is 0 Å². The van der Waals surface area contributed by atoms with Gasteiger partial charge in [-0.25, -0.2) is 4.57 Å². The van der Waals surface area contributed by atoms with Crippen LogP contribution in [0.25, 0.3) is 11.3 Å². The molecule has 19 heavy (non-hydrogen) atoms. The largest absolute Gasteiger partial charge is 0.212 e. The Balaban J connectivity index is 2.65. The van der Waals surface area contributed by atoms with Crippen LogP contribution in [-0.4, -0.2) is 0 Å². The molecular weight excluding hydrogens is 230 g/mol. The van der Waals surface area contributed by atoms with Crippen LogP contribution >= 0.6 is 0 Å². The molecule has 100 valence electrons. The predicted molar refractivity (Wildman–Crippen MR) is 81.3 cm³/mol. The Morgan fingerprint density at radius 2 is 1.84 bits per heavy atom. The summed E-state index contributed by atoms with van der Waals surface area (Å²) in [5.41, 5.74) is 6.89. The van der Waals surface area contributed by atoms with Gasteiger partial charge in [-0.2, -0.15) is 0 Å². The summed E-state index contributed by atoms with van der Waals surface area (Å²) in [6, 6.07) is 11.0. The van der Waals surface area contributed by atoms with Crippen LogP contribution in [0.4, 0.5) is 0 Å². The molecule has 0 radical (unpaired) electrons. The van der Waals surface area contributed by atoms with Crippen LogP contribution in [0.3, 0.4) is 0 Å². The zero-order valence-electron chi connectivity index (χ0n) is 12.7. The fraction of sp³-hybridized carbons (Fsp3) is 0.389. The minimum atomic E-state index is 0.568. The van der Waals surface area contributed by atoms with E-state index >= 15 is 0 Å². The third-order valence-corrected chi connectivity index (χ3v) is 3.82. The molecule has 2 aromatic rings. The second kappa shape index (κ2) is 5.56. The first-order valence-electron chi connectivity index (χ1n) is 7.13. The number of hydrogen-bond donors (Lipinski definition) is 0. The summed E-state index contributed by atoms with van der Waals surface area (Å²) < 4.78 is 2.26. The molecule has 0 aliphatic carbocycles. The molecular formula is C18H24N+. The molecule has 0 amide bonds. The maximum absolute atomic E-state index is 2.37. The molecule has 1 heterocycles. The maximum atomic E-state index is 2.37. The summed E-state index contributed by atoms with van der Waals surface area (Å²) in [6.45, 7) is 8.96. The van der Waals surface area contributed by atoms with Crippen LogP contribution in [0, 0.1) is 6.92 Å². The Hall–Kier alpha value is -1.63. The second-order valence-electron chi connectivity index (χ2n) is 5.57. The lowest BCUT2D eigenvalue weighted by atomic mass is 9.94. The standard InChI is InChI=1S/C18H24N/c1-6-15-12-19(5)18(11-17(15)13(2)3)16-10-8-7-9-14(16)4/h7-13H,6H2,1-5H3/q+1. The lowest BCUT2D eigenvalue weighted by Crippen LogP contribution is -2.32. The van der Waals surface area contributed by atoms with Crippen LogP contribution in [0.1, 0.15) is 43.4 Å². The van der Waals surface area contributed by atoms with Gasteiger partial charge in [0.1, 0.15) is 7.05 Å². The fourth-order valence-electron chi connectivity index (χ4n) is 2.68. The number of pyridine rings is 1. The van der Waals surface area contributed by atoms with Gasteiger partial charge in [0, 0.05) is 17.2 Å². The second-order valence-corrected chi connectivity index (χ2v) is 5.57. The molecule has 1 heteroatoms. The SMILES string of the molecule is CCc1c[n+](C)c(-c2ccccc2C)cc1C(C)C. The average Bonchev–Trinajstić information content (AvgIpc) is 2.39. The van der Waals surface area contributed by atoms with Crippen LogP contribution in [0.5, 0.6) is 0 Å². The Morgan fingerprint density at radius 3 is 2.42 bits per heavy atom. The van der Waals surface area contributed by atoms with E-state index in [1.165, 1.54) is 27.9 Å². The van der Waals surface area contributed by atoms with Crippen molar-refractivity contribution in [1.29, 1.82) is 0 Å². The number of nitrogens with zero attached hydrogens (tertiary/aromatic N) is 1. The van der Waals surface area contributed by atoms with Gasteiger partial charge in [0.15, 0.2) is 6.20 Å². The Morgan fingerprint density at radius 1 is 1.16 bits per heavy atom. The molecule has 0 N–H and O–H groups in total. The molecule has 0 fully saturated rings. The molecule has 1 aromatic carbocycles. The quantitative estimate of drug-likeness (QED) is 0.724. The molecule has 0 bridgehead atoms. The van der Waals surface area contributed by atoms with Gasteiger partial charge in [0.05, 0.1) is 0 Å². The average molecular weight is 254 g/mol. The monoisotopic (exact) mass is 254 g/mol. The van der Waals surface area contributed by atoms with Gasteiger partial charge in [0.2, 0.25) is 5.69 Å². The van der Waals surface area contributed by atoms with E-state index in [0.717, 1.165) is 6.42 Å². The molecule has 0 unspecified atom stereocenters. The van der Waals surface area contributed by atoms with E-state index < -0.39 is 0 Å². The fourth-order valence-corrected chi connectivity index (χ4v) is 2.68. The minimum absolute atomic E-state index is 0.568. The summed E-state index contributed by atoms with van der Waals surface area (Å²) in [5.74, 6) is 0.568. The first kappa shape index (κ1) is 13.8. The summed E-state index contributed by atoms with van der Waals surface area (Å²) in [7, 11) is 2.14. The molecule has 0 aliphatic heterocycles. The minimum Gasteiger partial charge on any atom is -0.201 e. The van der Waals surface area contributed by atoms with Crippen molar-refractivity contribution in [2.45, 2.75) is 40.0 Å². The van der Waals surface area contributed by atoms with Crippen molar-refractivity contribution in [2.75, 3.05) is 0 Å². The third-order valence-electron chi connectivity index (χ3n) is 3.82. The molecule has 0 spiro atoms. The van der Waals surface area contributed by atoms with Gasteiger partial charge in [0.25, 0.3) is 0 Å². The Bertz CT molecular complexity index is 582. The van der Waals surface area contributed by atoms with E-state index in [1.54, 1.807) is 0 Å². The van der Waals surface area contributed by atoms with Crippen molar-refractivity contribution in [3.05, 3.63) is 53.2 Å². The zero-order chi connectivity index (χ0) is 14.0. The molecule has 1 nitrogen and oxygen atoms in total. The lowest BCUT2D eigenvalue weighted by Gasteiger charge is -2.13. The van der Waals surface area contributed by atoms with Crippen molar-refractivity contribution < 1.29 is 4.57 Å². The van der Waals surface area contributed by atoms with Gasteiger partial charge >= 0.3 is 0 Å². The number of benzene rings is 1. The van der Waals surface area contributed by atoms with Crippen LogP contribution < -0.4 is 4.57 Å². The highest BCUT2D eigenvalue weighted by molar-refractivity contribution is 5.61. The van der Waals surface area contributed by atoms with Gasteiger partial charge < -0.3 is 0 Å². The van der Waals surface area contributed by atoms with Crippen molar-refractivity contribution in [3.8, 4) is 11.3 Å². The van der Waals surface area contributed by atoms with Crippen molar-refractivity contribution >= 4 is 0 Å². The van der Waals surface area contributed by atoms with Crippen LogP contribution in [0.2, 0.25) is 0 Å². The Kier molecular flexibility index (Phi) is 4.04. The smallest absolute Gasteiger partial charge is 0.201 e. The number of hydrogen-bond acceptors (Lipinski definition) is 0. The van der Waals surface area contributed by atoms with Gasteiger partial charge in [-0.15, -0.1) is 0 Å². The first-order valence-corrected chi connectivity index (χ1v) is 7.13. The van der Waals surface area contributed by atoms with Crippen LogP contribution in [-0.2, 0) is 13.5 Å². The summed E-state index contributed by atoms with van der Waals surface area (Å²) in [6.07, 6.45) is 3.38. The van der Waals surface area contributed by atoms with Gasteiger partial charge in [-0.1, -0.05) is 39.0 Å².